The maximum Gasteiger partial charge on any atom is 0.119 e. The first-order chi connectivity index (χ1) is 8.65. The van der Waals surface area contributed by atoms with Crippen LogP contribution in [-0.2, 0) is 4.74 Å². The Morgan fingerprint density at radius 2 is 2.11 bits per heavy atom. The largest absolute Gasteiger partial charge is 0.493 e. The molecule has 0 spiro atoms. The molecule has 0 N–H and O–H groups in total. The first-order valence-electron chi connectivity index (χ1n) is 6.23. The Morgan fingerprint density at radius 1 is 1.39 bits per heavy atom. The average Bonchev–Trinajstić information content (AvgIpc) is 2.41. The van der Waals surface area contributed by atoms with E-state index in [0.717, 1.165) is 48.6 Å². The third-order valence-corrected chi connectivity index (χ3v) is 5.12. The quantitative estimate of drug-likeness (QED) is 0.845. The van der Waals surface area contributed by atoms with Gasteiger partial charge in [0.1, 0.15) is 5.75 Å². The second kappa shape index (κ2) is 6.31. The molecule has 2 rings (SSSR count). The highest BCUT2D eigenvalue weighted by molar-refractivity contribution is 9.10. The Hall–Kier alpha value is -0.190. The molecule has 0 radical (unpaired) electrons. The summed E-state index contributed by atoms with van der Waals surface area (Å²) >= 11 is 7.99. The van der Waals surface area contributed by atoms with E-state index < -0.39 is 0 Å². The summed E-state index contributed by atoms with van der Waals surface area (Å²) in [5.74, 6) is 1.79. The van der Waals surface area contributed by atoms with Crippen molar-refractivity contribution in [2.24, 2.45) is 5.41 Å². The Balaban J connectivity index is 1.98. The summed E-state index contributed by atoms with van der Waals surface area (Å²) in [5, 5.41) is 0. The second-order valence-electron chi connectivity index (χ2n) is 4.97. The van der Waals surface area contributed by atoms with Gasteiger partial charge in [-0.15, -0.1) is 0 Å². The van der Waals surface area contributed by atoms with E-state index in [1.165, 1.54) is 5.56 Å². The third-order valence-electron chi connectivity index (χ3n) is 3.56. The molecule has 0 bridgehead atoms. The van der Waals surface area contributed by atoms with Crippen molar-refractivity contribution in [2.75, 3.05) is 25.6 Å². The van der Waals surface area contributed by atoms with Crippen molar-refractivity contribution in [3.8, 4) is 5.75 Å². The summed E-state index contributed by atoms with van der Waals surface area (Å²) in [7, 11) is 0. The lowest BCUT2D eigenvalue weighted by Gasteiger charge is -2.35. The van der Waals surface area contributed by atoms with Crippen LogP contribution in [0.1, 0.15) is 18.4 Å². The van der Waals surface area contributed by atoms with E-state index in [1.807, 2.05) is 12.1 Å². The zero-order valence-corrected chi connectivity index (χ0v) is 13.1. The molecule has 0 unspecified atom stereocenters. The lowest BCUT2D eigenvalue weighted by molar-refractivity contribution is 0.00310. The molecule has 2 nitrogen and oxygen atoms in total. The molecular formula is C14H19BrO2S. The number of benzene rings is 1. The van der Waals surface area contributed by atoms with Gasteiger partial charge in [0, 0.05) is 23.1 Å². The Labute approximate surface area is 123 Å². The molecule has 18 heavy (non-hydrogen) atoms. The van der Waals surface area contributed by atoms with Gasteiger partial charge in [-0.2, -0.15) is 12.6 Å². The molecule has 0 atom stereocenters. The molecule has 1 aromatic carbocycles. The number of hydrogen-bond acceptors (Lipinski definition) is 3. The number of hydrogen-bond donors (Lipinski definition) is 1. The van der Waals surface area contributed by atoms with Gasteiger partial charge in [0.05, 0.1) is 6.61 Å². The molecule has 1 aliphatic rings. The van der Waals surface area contributed by atoms with Crippen LogP contribution < -0.4 is 4.74 Å². The summed E-state index contributed by atoms with van der Waals surface area (Å²) in [6, 6.07) is 6.10. The van der Waals surface area contributed by atoms with Crippen molar-refractivity contribution in [1.82, 2.24) is 0 Å². The zero-order valence-electron chi connectivity index (χ0n) is 10.6. The van der Waals surface area contributed by atoms with Crippen LogP contribution >= 0.6 is 28.6 Å². The molecular weight excluding hydrogens is 312 g/mol. The normalized spacial score (nSPS) is 18.6. The second-order valence-corrected chi connectivity index (χ2v) is 6.14. The molecule has 0 aromatic heterocycles. The van der Waals surface area contributed by atoms with E-state index in [9.17, 15) is 0 Å². The standard InChI is InChI=1S/C14H19BrO2S/c1-11-8-12(2-3-13(11)15)17-9-14(10-18)4-6-16-7-5-14/h2-3,8,18H,4-7,9-10H2,1H3. The van der Waals surface area contributed by atoms with Crippen molar-refractivity contribution in [2.45, 2.75) is 19.8 Å². The Kier molecular flexibility index (Phi) is 4.98. The van der Waals surface area contributed by atoms with Crippen LogP contribution in [0, 0.1) is 12.3 Å². The SMILES string of the molecule is Cc1cc(OCC2(CS)CCOCC2)ccc1Br. The minimum atomic E-state index is 0.169. The van der Waals surface area contributed by atoms with Crippen molar-refractivity contribution in [3.63, 3.8) is 0 Å². The van der Waals surface area contributed by atoms with Gasteiger partial charge in [0.15, 0.2) is 0 Å². The summed E-state index contributed by atoms with van der Waals surface area (Å²) in [6.45, 7) is 4.44. The number of aryl methyl sites for hydroxylation is 1. The van der Waals surface area contributed by atoms with Crippen LogP contribution in [0.2, 0.25) is 0 Å². The van der Waals surface area contributed by atoms with Gasteiger partial charge in [-0.25, -0.2) is 0 Å². The Bertz CT molecular complexity index is 403. The number of halogens is 1. The molecule has 0 amide bonds. The van der Waals surface area contributed by atoms with Gasteiger partial charge in [-0.05, 0) is 49.3 Å². The molecule has 0 aliphatic carbocycles. The van der Waals surface area contributed by atoms with Crippen LogP contribution in [0.25, 0.3) is 0 Å². The van der Waals surface area contributed by atoms with Gasteiger partial charge < -0.3 is 9.47 Å². The molecule has 1 saturated heterocycles. The molecule has 4 heteroatoms. The van der Waals surface area contributed by atoms with Crippen LogP contribution in [0.5, 0.6) is 5.75 Å². The summed E-state index contributed by atoms with van der Waals surface area (Å²) < 4.78 is 12.5. The maximum atomic E-state index is 5.95. The number of thiol groups is 1. The van der Waals surface area contributed by atoms with Crippen LogP contribution in [0.3, 0.4) is 0 Å². The van der Waals surface area contributed by atoms with Gasteiger partial charge in [0.25, 0.3) is 0 Å². The summed E-state index contributed by atoms with van der Waals surface area (Å²) in [4.78, 5) is 0. The van der Waals surface area contributed by atoms with E-state index in [2.05, 4.69) is 41.5 Å². The Morgan fingerprint density at radius 3 is 2.72 bits per heavy atom. The highest BCUT2D eigenvalue weighted by Crippen LogP contribution is 2.33. The molecule has 1 aliphatic heterocycles. The maximum absolute atomic E-state index is 5.95. The lowest BCUT2D eigenvalue weighted by Crippen LogP contribution is -2.36. The van der Waals surface area contributed by atoms with E-state index in [0.29, 0.717) is 0 Å². The molecule has 1 heterocycles. The lowest BCUT2D eigenvalue weighted by atomic mass is 9.83. The van der Waals surface area contributed by atoms with Crippen LogP contribution in [0.4, 0.5) is 0 Å². The summed E-state index contributed by atoms with van der Waals surface area (Å²) in [6.07, 6.45) is 2.07. The topological polar surface area (TPSA) is 18.5 Å². The van der Waals surface area contributed by atoms with Gasteiger partial charge in [0.2, 0.25) is 0 Å². The molecule has 1 fully saturated rings. The van der Waals surface area contributed by atoms with Crippen molar-refractivity contribution >= 4 is 28.6 Å². The first-order valence-corrected chi connectivity index (χ1v) is 7.65. The van der Waals surface area contributed by atoms with Crippen molar-refractivity contribution in [1.29, 1.82) is 0 Å². The number of ether oxygens (including phenoxy) is 2. The highest BCUT2D eigenvalue weighted by Gasteiger charge is 2.32. The third kappa shape index (κ3) is 3.43. The fourth-order valence-electron chi connectivity index (χ4n) is 2.10. The minimum Gasteiger partial charge on any atom is -0.493 e. The zero-order chi connectivity index (χ0) is 13.0. The highest BCUT2D eigenvalue weighted by atomic mass is 79.9. The van der Waals surface area contributed by atoms with Crippen LogP contribution in [0.15, 0.2) is 22.7 Å². The average molecular weight is 331 g/mol. The predicted molar refractivity (Wildman–Crippen MR) is 80.7 cm³/mol. The van der Waals surface area contributed by atoms with Crippen molar-refractivity contribution < 1.29 is 9.47 Å². The van der Waals surface area contributed by atoms with E-state index >= 15 is 0 Å². The van der Waals surface area contributed by atoms with Gasteiger partial charge in [-0.1, -0.05) is 15.9 Å². The fraction of sp³-hybridized carbons (Fsp3) is 0.571. The van der Waals surface area contributed by atoms with E-state index in [-0.39, 0.29) is 5.41 Å². The van der Waals surface area contributed by atoms with E-state index in [1.54, 1.807) is 0 Å². The monoisotopic (exact) mass is 330 g/mol. The first kappa shape index (κ1) is 14.2. The smallest absolute Gasteiger partial charge is 0.119 e. The molecule has 100 valence electrons. The molecule has 1 aromatic rings. The van der Waals surface area contributed by atoms with Crippen molar-refractivity contribution in [3.05, 3.63) is 28.2 Å². The predicted octanol–water partition coefficient (Wildman–Crippen LogP) is 3.86. The fourth-order valence-corrected chi connectivity index (χ4v) is 2.75. The molecule has 0 saturated carbocycles. The summed E-state index contributed by atoms with van der Waals surface area (Å²) in [5.41, 5.74) is 1.36. The van der Waals surface area contributed by atoms with Gasteiger partial charge in [-0.3, -0.25) is 0 Å². The van der Waals surface area contributed by atoms with E-state index in [4.69, 9.17) is 9.47 Å². The minimum absolute atomic E-state index is 0.169. The number of rotatable bonds is 4. The van der Waals surface area contributed by atoms with Crippen LogP contribution in [-0.4, -0.2) is 25.6 Å². The van der Waals surface area contributed by atoms with Gasteiger partial charge >= 0.3 is 0 Å².